The molecule has 0 aromatic heterocycles. The van der Waals surface area contributed by atoms with E-state index in [0.29, 0.717) is 32.1 Å². The van der Waals surface area contributed by atoms with Gasteiger partial charge in [-0.1, -0.05) is 0 Å². The number of ether oxygens (including phenoxy) is 2. The lowest BCUT2D eigenvalue weighted by Gasteiger charge is -2.22. The topological polar surface area (TPSA) is 60.0 Å². The van der Waals surface area contributed by atoms with Crippen molar-refractivity contribution in [3.63, 3.8) is 0 Å². The molecule has 0 aromatic carbocycles. The second kappa shape index (κ2) is 11.7. The summed E-state index contributed by atoms with van der Waals surface area (Å²) in [5.74, 6) is 0.480. The van der Waals surface area contributed by atoms with Gasteiger partial charge in [-0.2, -0.15) is 17.7 Å². The molecule has 0 unspecified atom stereocenters. The van der Waals surface area contributed by atoms with Gasteiger partial charge in [0.25, 0.3) is 0 Å². The molecule has 1 N–H and O–H groups in total. The van der Waals surface area contributed by atoms with Crippen LogP contribution in [0.25, 0.3) is 0 Å². The van der Waals surface area contributed by atoms with Crippen LogP contribution in [0.15, 0.2) is 0 Å². The number of nitrogens with one attached hydrogen (secondary N) is 1. The van der Waals surface area contributed by atoms with Gasteiger partial charge in [0.1, 0.15) is 13.5 Å². The van der Waals surface area contributed by atoms with Gasteiger partial charge in [-0.05, 0) is 19.6 Å². The molecule has 0 aliphatic heterocycles. The number of nitrogens with zero attached hydrogens (tertiary/aromatic N) is 1. The Balaban J connectivity index is 3.33. The third-order valence-corrected chi connectivity index (χ3v) is 2.33. The summed E-state index contributed by atoms with van der Waals surface area (Å²) < 4.78 is 10.5. The highest BCUT2D eigenvalue weighted by molar-refractivity contribution is 7.80. The van der Waals surface area contributed by atoms with Gasteiger partial charge in [-0.15, -0.1) is 0 Å². The van der Waals surface area contributed by atoms with Crippen LogP contribution in [0, 0.1) is 0 Å². The lowest BCUT2D eigenvalue weighted by Crippen LogP contribution is -2.32. The SMILES string of the molecule is CON(COCCOCNC(=O)CCS)C(C)C. The third kappa shape index (κ3) is 9.67. The first-order chi connectivity index (χ1) is 8.61. The van der Waals surface area contributed by atoms with Gasteiger partial charge in [0.05, 0.1) is 20.3 Å². The fourth-order valence-corrected chi connectivity index (χ4v) is 1.28. The Kier molecular flexibility index (Phi) is 11.5. The predicted octanol–water partition coefficient (Wildman–Crippen LogP) is 0.642. The van der Waals surface area contributed by atoms with Gasteiger partial charge in [0, 0.05) is 12.5 Å². The van der Waals surface area contributed by atoms with E-state index in [1.165, 1.54) is 0 Å². The molecule has 0 aliphatic rings. The molecule has 0 bridgehead atoms. The van der Waals surface area contributed by atoms with Crippen LogP contribution < -0.4 is 5.32 Å². The van der Waals surface area contributed by atoms with E-state index in [-0.39, 0.29) is 18.7 Å². The van der Waals surface area contributed by atoms with Crippen molar-refractivity contribution in [1.82, 2.24) is 10.4 Å². The molecular weight excluding hydrogens is 256 g/mol. The summed E-state index contributed by atoms with van der Waals surface area (Å²) in [6, 6.07) is 0.261. The Hall–Kier alpha value is -0.340. The zero-order chi connectivity index (χ0) is 13.8. The van der Waals surface area contributed by atoms with Crippen LogP contribution >= 0.6 is 12.6 Å². The highest BCUT2D eigenvalue weighted by Crippen LogP contribution is 1.97. The van der Waals surface area contributed by atoms with Crippen LogP contribution in [-0.4, -0.2) is 56.6 Å². The molecule has 0 saturated heterocycles. The minimum Gasteiger partial charge on any atom is -0.362 e. The molecular formula is C11H24N2O4S. The summed E-state index contributed by atoms with van der Waals surface area (Å²) in [5, 5.41) is 4.33. The van der Waals surface area contributed by atoms with Crippen molar-refractivity contribution < 1.29 is 19.1 Å². The van der Waals surface area contributed by atoms with Gasteiger partial charge in [0.2, 0.25) is 5.91 Å². The lowest BCUT2D eigenvalue weighted by molar-refractivity contribution is -0.208. The van der Waals surface area contributed by atoms with Crippen LogP contribution in [0.5, 0.6) is 0 Å². The van der Waals surface area contributed by atoms with Gasteiger partial charge in [-0.25, -0.2) is 0 Å². The smallest absolute Gasteiger partial charge is 0.222 e. The highest BCUT2D eigenvalue weighted by atomic mass is 32.1. The average molecular weight is 280 g/mol. The van der Waals surface area contributed by atoms with Gasteiger partial charge >= 0.3 is 0 Å². The van der Waals surface area contributed by atoms with Crippen LogP contribution in [0.4, 0.5) is 0 Å². The minimum absolute atomic E-state index is 0.0590. The normalized spacial score (nSPS) is 11.2. The zero-order valence-corrected chi connectivity index (χ0v) is 12.2. The number of carbonyl (C=O) groups excluding carboxylic acids is 1. The number of amides is 1. The van der Waals surface area contributed by atoms with Gasteiger partial charge in [-0.3, -0.25) is 9.63 Å². The first kappa shape index (κ1) is 17.7. The fourth-order valence-electron chi connectivity index (χ4n) is 1.08. The number of hydrogen-bond donors (Lipinski definition) is 2. The second-order valence-electron chi connectivity index (χ2n) is 3.86. The van der Waals surface area contributed by atoms with E-state index in [2.05, 4.69) is 17.9 Å². The van der Waals surface area contributed by atoms with E-state index >= 15 is 0 Å². The summed E-state index contributed by atoms with van der Waals surface area (Å²) in [4.78, 5) is 16.1. The second-order valence-corrected chi connectivity index (χ2v) is 4.30. The Morgan fingerprint density at radius 2 is 2.00 bits per heavy atom. The summed E-state index contributed by atoms with van der Waals surface area (Å²) >= 11 is 3.96. The quantitative estimate of drug-likeness (QED) is 0.252. The Labute approximate surface area is 114 Å². The number of hydroxylamine groups is 2. The van der Waals surface area contributed by atoms with Crippen molar-refractivity contribution in [1.29, 1.82) is 0 Å². The Morgan fingerprint density at radius 3 is 2.56 bits per heavy atom. The van der Waals surface area contributed by atoms with Crippen molar-refractivity contribution in [3.05, 3.63) is 0 Å². The molecule has 7 heteroatoms. The van der Waals surface area contributed by atoms with Crippen molar-refractivity contribution in [2.24, 2.45) is 0 Å². The number of thiol groups is 1. The first-order valence-electron chi connectivity index (χ1n) is 5.95. The molecule has 6 nitrogen and oxygen atoms in total. The molecule has 0 atom stereocenters. The van der Waals surface area contributed by atoms with Crippen LogP contribution in [-0.2, 0) is 19.1 Å². The minimum atomic E-state index is -0.0590. The number of hydrogen-bond acceptors (Lipinski definition) is 6. The van der Waals surface area contributed by atoms with Gasteiger partial charge < -0.3 is 14.8 Å². The van der Waals surface area contributed by atoms with E-state index in [9.17, 15) is 4.79 Å². The van der Waals surface area contributed by atoms with Crippen molar-refractivity contribution >= 4 is 18.5 Å². The maximum Gasteiger partial charge on any atom is 0.222 e. The first-order valence-corrected chi connectivity index (χ1v) is 6.58. The van der Waals surface area contributed by atoms with E-state index in [1.54, 1.807) is 12.2 Å². The van der Waals surface area contributed by atoms with E-state index in [4.69, 9.17) is 14.3 Å². The predicted molar refractivity (Wildman–Crippen MR) is 72.2 cm³/mol. The maximum absolute atomic E-state index is 11.0. The Bertz CT molecular complexity index is 217. The Morgan fingerprint density at radius 1 is 1.33 bits per heavy atom. The van der Waals surface area contributed by atoms with Crippen molar-refractivity contribution in [3.8, 4) is 0 Å². The van der Waals surface area contributed by atoms with Gasteiger partial charge in [0.15, 0.2) is 0 Å². The summed E-state index contributed by atoms with van der Waals surface area (Å²) in [6.07, 6.45) is 0.403. The van der Waals surface area contributed by atoms with E-state index in [1.807, 2.05) is 13.8 Å². The van der Waals surface area contributed by atoms with Crippen LogP contribution in [0.1, 0.15) is 20.3 Å². The molecule has 0 radical (unpaired) electrons. The van der Waals surface area contributed by atoms with Crippen molar-refractivity contribution in [2.75, 3.05) is 39.5 Å². The van der Waals surface area contributed by atoms with Crippen LogP contribution in [0.2, 0.25) is 0 Å². The maximum atomic E-state index is 11.0. The molecule has 0 spiro atoms. The molecule has 0 saturated carbocycles. The fraction of sp³-hybridized carbons (Fsp3) is 0.909. The molecule has 1 amide bonds. The molecule has 0 rings (SSSR count). The van der Waals surface area contributed by atoms with Crippen molar-refractivity contribution in [2.45, 2.75) is 26.3 Å². The molecule has 108 valence electrons. The average Bonchev–Trinajstić information content (AvgIpc) is 2.32. The zero-order valence-electron chi connectivity index (χ0n) is 11.3. The molecule has 0 fully saturated rings. The number of carbonyl (C=O) groups is 1. The number of rotatable bonds is 11. The largest absolute Gasteiger partial charge is 0.362 e. The van der Waals surface area contributed by atoms with E-state index < -0.39 is 0 Å². The summed E-state index contributed by atoms with van der Waals surface area (Å²) in [7, 11) is 1.61. The lowest BCUT2D eigenvalue weighted by atomic mass is 10.4. The standard InChI is InChI=1S/C11H24N2O4S/c1-10(2)13(15-3)9-17-6-5-16-8-12-11(14)4-7-18/h10,18H,4-9H2,1-3H3,(H,12,14). The highest BCUT2D eigenvalue weighted by Gasteiger charge is 2.07. The molecule has 0 aromatic rings. The monoisotopic (exact) mass is 280 g/mol. The summed E-state index contributed by atoms with van der Waals surface area (Å²) in [5.41, 5.74) is 0. The molecule has 0 aliphatic carbocycles. The molecule has 0 heterocycles. The van der Waals surface area contributed by atoms with Crippen LogP contribution in [0.3, 0.4) is 0 Å². The molecule has 18 heavy (non-hydrogen) atoms. The van der Waals surface area contributed by atoms with E-state index in [0.717, 1.165) is 0 Å². The third-order valence-electron chi connectivity index (χ3n) is 2.11. The summed E-state index contributed by atoms with van der Waals surface area (Å²) in [6.45, 7) is 5.50.